The van der Waals surface area contributed by atoms with Crippen LogP contribution in [0.4, 0.5) is 0 Å². The minimum atomic E-state index is -0.675. The number of nitrogens with zero attached hydrogens (tertiary/aromatic N) is 3. The number of aromatic amines is 1. The molecule has 130 valence electrons. The number of aromatic nitrogens is 4. The van der Waals surface area contributed by atoms with Crippen molar-refractivity contribution < 1.29 is 4.74 Å². The molecule has 0 radical (unpaired) electrons. The van der Waals surface area contributed by atoms with Gasteiger partial charge in [0.25, 0.3) is 5.56 Å². The highest BCUT2D eigenvalue weighted by atomic mass is 35.5. The zero-order valence-corrected chi connectivity index (χ0v) is 15.1. The van der Waals surface area contributed by atoms with E-state index in [-0.39, 0.29) is 27.9 Å². The molecular formula is C16H14Cl2N4O3. The first-order valence-electron chi connectivity index (χ1n) is 7.39. The predicted molar refractivity (Wildman–Crippen MR) is 96.4 cm³/mol. The molecule has 0 bridgehead atoms. The van der Waals surface area contributed by atoms with Crippen molar-refractivity contribution in [3.63, 3.8) is 0 Å². The van der Waals surface area contributed by atoms with Crippen molar-refractivity contribution in [2.45, 2.75) is 19.8 Å². The lowest BCUT2D eigenvalue weighted by molar-refractivity contribution is 0.399. The van der Waals surface area contributed by atoms with Gasteiger partial charge in [-0.15, -0.1) is 0 Å². The lowest BCUT2D eigenvalue weighted by Gasteiger charge is -2.16. The summed E-state index contributed by atoms with van der Waals surface area (Å²) < 4.78 is 6.33. The number of fused-ring (bicyclic) bond motifs is 1. The van der Waals surface area contributed by atoms with Crippen LogP contribution in [0.2, 0.25) is 10.0 Å². The summed E-state index contributed by atoms with van der Waals surface area (Å²) in [6.07, 6.45) is 1.56. The molecule has 7 nitrogen and oxygen atoms in total. The molecule has 3 heterocycles. The van der Waals surface area contributed by atoms with Crippen LogP contribution in [0, 0.1) is 0 Å². The molecule has 0 atom stereocenters. The van der Waals surface area contributed by atoms with Crippen molar-refractivity contribution in [1.82, 2.24) is 19.5 Å². The Balaban J connectivity index is 2.54. The van der Waals surface area contributed by atoms with E-state index in [1.165, 1.54) is 17.7 Å². The highest BCUT2D eigenvalue weighted by Crippen LogP contribution is 2.30. The van der Waals surface area contributed by atoms with E-state index in [0.717, 1.165) is 0 Å². The smallest absolute Gasteiger partial charge is 0.334 e. The van der Waals surface area contributed by atoms with Gasteiger partial charge in [-0.1, -0.05) is 37.0 Å². The molecule has 0 unspecified atom stereocenters. The zero-order chi connectivity index (χ0) is 18.3. The van der Waals surface area contributed by atoms with Crippen molar-refractivity contribution in [3.8, 4) is 11.6 Å². The van der Waals surface area contributed by atoms with Gasteiger partial charge in [-0.2, -0.15) is 4.98 Å². The largest absolute Gasteiger partial charge is 0.480 e. The molecular weight excluding hydrogens is 367 g/mol. The van der Waals surface area contributed by atoms with Gasteiger partial charge in [0.05, 0.1) is 28.9 Å². The number of H-pyrrole nitrogens is 1. The van der Waals surface area contributed by atoms with Crippen molar-refractivity contribution in [2.24, 2.45) is 0 Å². The second kappa shape index (κ2) is 6.50. The molecule has 0 aliphatic rings. The van der Waals surface area contributed by atoms with E-state index in [4.69, 9.17) is 27.9 Å². The molecule has 0 aliphatic carbocycles. The second-order valence-corrected chi connectivity index (χ2v) is 6.44. The third-order valence-electron chi connectivity index (χ3n) is 3.67. The summed E-state index contributed by atoms with van der Waals surface area (Å²) in [4.78, 5) is 35.6. The molecule has 3 rings (SSSR count). The van der Waals surface area contributed by atoms with E-state index in [2.05, 4.69) is 15.0 Å². The van der Waals surface area contributed by atoms with E-state index >= 15 is 0 Å². The lowest BCUT2D eigenvalue weighted by Crippen LogP contribution is -2.31. The van der Waals surface area contributed by atoms with Gasteiger partial charge in [0.2, 0.25) is 5.88 Å². The van der Waals surface area contributed by atoms with E-state index in [0.29, 0.717) is 16.4 Å². The van der Waals surface area contributed by atoms with E-state index < -0.39 is 11.2 Å². The Morgan fingerprint density at radius 2 is 1.96 bits per heavy atom. The number of hydrogen-bond acceptors (Lipinski definition) is 5. The van der Waals surface area contributed by atoms with Crippen LogP contribution in [0.3, 0.4) is 0 Å². The molecule has 0 saturated carbocycles. The van der Waals surface area contributed by atoms with Crippen LogP contribution in [-0.2, 0) is 0 Å². The number of pyridine rings is 2. The predicted octanol–water partition coefficient (Wildman–Crippen LogP) is 2.91. The van der Waals surface area contributed by atoms with Crippen LogP contribution >= 0.6 is 23.2 Å². The molecule has 0 amide bonds. The Morgan fingerprint density at radius 3 is 2.60 bits per heavy atom. The van der Waals surface area contributed by atoms with Crippen LogP contribution < -0.4 is 16.0 Å². The van der Waals surface area contributed by atoms with Gasteiger partial charge in [-0.25, -0.2) is 9.36 Å². The number of hydrogen-bond donors (Lipinski definition) is 1. The Labute approximate surface area is 152 Å². The van der Waals surface area contributed by atoms with Gasteiger partial charge >= 0.3 is 5.69 Å². The summed E-state index contributed by atoms with van der Waals surface area (Å²) in [7, 11) is 1.40. The highest BCUT2D eigenvalue weighted by molar-refractivity contribution is 6.33. The first-order valence-corrected chi connectivity index (χ1v) is 8.15. The Kier molecular flexibility index (Phi) is 4.53. The van der Waals surface area contributed by atoms with Crippen LogP contribution in [0.1, 0.15) is 25.5 Å². The Bertz CT molecular complexity index is 1090. The SMILES string of the molecule is COc1nc2c(cc1Cl)c(=O)[nH]c(=O)n2-c1c(Cl)ccnc1C(C)C. The second-order valence-electron chi connectivity index (χ2n) is 5.63. The topological polar surface area (TPSA) is 89.9 Å². The molecule has 1 N–H and O–H groups in total. The van der Waals surface area contributed by atoms with Crippen LogP contribution in [0.5, 0.6) is 5.88 Å². The van der Waals surface area contributed by atoms with Crippen LogP contribution in [0.25, 0.3) is 16.7 Å². The fraction of sp³-hybridized carbons (Fsp3) is 0.250. The van der Waals surface area contributed by atoms with E-state index in [1.54, 1.807) is 12.3 Å². The van der Waals surface area contributed by atoms with E-state index in [1.807, 2.05) is 13.8 Å². The summed E-state index contributed by atoms with van der Waals surface area (Å²) >= 11 is 12.4. The molecule has 3 aromatic rings. The fourth-order valence-corrected chi connectivity index (χ4v) is 3.02. The summed E-state index contributed by atoms with van der Waals surface area (Å²) in [5.74, 6) is 0.0794. The maximum absolute atomic E-state index is 12.6. The average Bonchev–Trinajstić information content (AvgIpc) is 2.56. The monoisotopic (exact) mass is 380 g/mol. The van der Waals surface area contributed by atoms with E-state index in [9.17, 15) is 9.59 Å². The third-order valence-corrected chi connectivity index (χ3v) is 4.25. The van der Waals surface area contributed by atoms with Crippen molar-refractivity contribution in [2.75, 3.05) is 7.11 Å². The molecule has 0 fully saturated rings. The average molecular weight is 381 g/mol. The molecule has 0 aromatic carbocycles. The molecule has 3 aromatic heterocycles. The van der Waals surface area contributed by atoms with Crippen LogP contribution in [-0.4, -0.2) is 26.6 Å². The minimum absolute atomic E-state index is 0.0169. The summed E-state index contributed by atoms with van der Waals surface area (Å²) in [6.45, 7) is 3.85. The number of rotatable bonds is 3. The van der Waals surface area contributed by atoms with Gasteiger partial charge in [-0.3, -0.25) is 14.8 Å². The summed E-state index contributed by atoms with van der Waals surface area (Å²) in [6, 6.07) is 2.97. The Hall–Kier alpha value is -2.38. The number of ether oxygens (including phenoxy) is 1. The standard InChI is InChI=1S/C16H14Cl2N4O3/c1-7(2)11-12(9(17)4-5-19-11)22-13-8(14(23)21-16(22)24)6-10(18)15(20-13)25-3/h4-7H,1-3H3,(H,21,23,24). The fourth-order valence-electron chi connectivity index (χ4n) is 2.56. The molecule has 25 heavy (non-hydrogen) atoms. The van der Waals surface area contributed by atoms with Gasteiger partial charge in [0.15, 0.2) is 5.65 Å². The molecule has 9 heteroatoms. The summed E-state index contributed by atoms with van der Waals surface area (Å²) in [5.41, 5.74) is -0.224. The number of methoxy groups -OCH3 is 1. The van der Waals surface area contributed by atoms with Crippen LogP contribution in [0.15, 0.2) is 27.9 Å². The number of nitrogens with one attached hydrogen (secondary N) is 1. The normalized spacial score (nSPS) is 11.3. The summed E-state index contributed by atoms with van der Waals surface area (Å²) in [5, 5.41) is 0.608. The quantitative estimate of drug-likeness (QED) is 0.754. The van der Waals surface area contributed by atoms with Crippen molar-refractivity contribution >= 4 is 34.2 Å². The molecule has 0 spiro atoms. The van der Waals surface area contributed by atoms with Crippen molar-refractivity contribution in [1.29, 1.82) is 0 Å². The van der Waals surface area contributed by atoms with Gasteiger partial charge < -0.3 is 4.74 Å². The first-order chi connectivity index (χ1) is 11.8. The van der Waals surface area contributed by atoms with Gasteiger partial charge in [-0.05, 0) is 18.1 Å². The molecule has 0 saturated heterocycles. The first kappa shape index (κ1) is 17.4. The maximum Gasteiger partial charge on any atom is 0.334 e. The van der Waals surface area contributed by atoms with Gasteiger partial charge in [0, 0.05) is 6.20 Å². The maximum atomic E-state index is 12.6. The Morgan fingerprint density at radius 1 is 1.24 bits per heavy atom. The van der Waals surface area contributed by atoms with Crippen molar-refractivity contribution in [3.05, 3.63) is 54.9 Å². The van der Waals surface area contributed by atoms with Gasteiger partial charge in [0.1, 0.15) is 5.02 Å². The zero-order valence-electron chi connectivity index (χ0n) is 13.6. The highest BCUT2D eigenvalue weighted by Gasteiger charge is 2.20. The third kappa shape index (κ3) is 2.89. The number of halogens is 2. The molecule has 0 aliphatic heterocycles. The lowest BCUT2D eigenvalue weighted by atomic mass is 10.1. The minimum Gasteiger partial charge on any atom is -0.480 e.